The Kier molecular flexibility index (Phi) is 31.4. The number of unbranched alkanes of at least 4 members (excludes halogenated alkanes) is 12. The highest BCUT2D eigenvalue weighted by atomic mass is 31.2. The first kappa shape index (κ1) is 44.5. The molecule has 3 N–H and O–H groups in total. The molecule has 7 nitrogen and oxygen atoms in total. The minimum atomic E-state index is -3.06. The summed E-state index contributed by atoms with van der Waals surface area (Å²) in [7, 11) is -3.06. The van der Waals surface area contributed by atoms with E-state index in [1.165, 1.54) is 70.6 Å². The molecular weight excluding hydrogens is 621 g/mol. The van der Waals surface area contributed by atoms with Crippen molar-refractivity contribution in [2.45, 2.75) is 155 Å². The van der Waals surface area contributed by atoms with Crippen molar-refractivity contribution in [1.82, 2.24) is 5.09 Å². The van der Waals surface area contributed by atoms with E-state index in [1.54, 1.807) is 6.26 Å². The highest BCUT2D eigenvalue weighted by molar-refractivity contribution is 7.58. The first-order chi connectivity index (χ1) is 23.6. The number of nitrogens with one attached hydrogen (secondary N) is 1. The van der Waals surface area contributed by atoms with Crippen LogP contribution >= 0.6 is 8.09 Å². The lowest BCUT2D eigenvalue weighted by Crippen LogP contribution is -2.31. The van der Waals surface area contributed by atoms with Crippen LogP contribution in [0.25, 0.3) is 0 Å². The maximum Gasteiger partial charge on any atom is 0.499 e. The third-order valence-corrected chi connectivity index (χ3v) is 9.56. The number of hydrogen-bond donors (Lipinski definition) is 3. The van der Waals surface area contributed by atoms with Gasteiger partial charge in [0.2, 0.25) is 0 Å². The molecule has 0 aromatic carbocycles. The minimum absolute atomic E-state index is 0.0581. The third-order valence-electron chi connectivity index (χ3n) is 7.90. The normalized spacial score (nSPS) is 18.7. The van der Waals surface area contributed by atoms with E-state index in [2.05, 4.69) is 79.7 Å². The van der Waals surface area contributed by atoms with E-state index in [0.29, 0.717) is 26.0 Å². The molecule has 3 unspecified atom stereocenters. The van der Waals surface area contributed by atoms with Gasteiger partial charge in [0, 0.05) is 6.42 Å². The second kappa shape index (κ2) is 33.9. The van der Waals surface area contributed by atoms with Gasteiger partial charge in [0.25, 0.3) is 0 Å². The molecule has 1 rings (SSSR count). The maximum absolute atomic E-state index is 10.5. The van der Waals surface area contributed by atoms with Crippen LogP contribution in [0.2, 0.25) is 0 Å². The average molecular weight is 693 g/mol. The predicted octanol–water partition coefficient (Wildman–Crippen LogP) is 11.1. The van der Waals surface area contributed by atoms with E-state index < -0.39 is 20.5 Å². The molecule has 0 bridgehead atoms. The molecule has 1 saturated heterocycles. The van der Waals surface area contributed by atoms with E-state index in [9.17, 15) is 10.00 Å². The van der Waals surface area contributed by atoms with E-state index in [0.717, 1.165) is 44.9 Å². The Morgan fingerprint density at radius 3 is 1.75 bits per heavy atom. The van der Waals surface area contributed by atoms with Crippen LogP contribution in [0.3, 0.4) is 0 Å². The van der Waals surface area contributed by atoms with Crippen LogP contribution in [-0.2, 0) is 18.5 Å². The highest BCUT2D eigenvalue weighted by Gasteiger charge is 2.46. The summed E-state index contributed by atoms with van der Waals surface area (Å²) in [4.78, 5) is 10.4. The molecule has 0 saturated carbocycles. The predicted molar refractivity (Wildman–Crippen MR) is 204 cm³/mol. The molecule has 0 aromatic rings. The maximum atomic E-state index is 10.5. The summed E-state index contributed by atoms with van der Waals surface area (Å²) in [5.41, 5.74) is 0. The number of aliphatic hydroxyl groups is 1. The van der Waals surface area contributed by atoms with Gasteiger partial charge in [-0.1, -0.05) is 145 Å². The van der Waals surface area contributed by atoms with Gasteiger partial charge in [-0.15, -0.1) is 5.09 Å². The van der Waals surface area contributed by atoms with Gasteiger partial charge in [0.05, 0.1) is 12.8 Å². The van der Waals surface area contributed by atoms with Crippen molar-refractivity contribution >= 4 is 8.09 Å². The standard InChI is InChI=1S/C40H71NO6P/c1-3-5-7-9-11-13-15-17-19-20-21-23-25-27-29-31-33-40(42)47-39(38-46-48(43)41-34-36-45-48)37-44-35-32-30-28-26-24-22-18-16-14-12-10-8-6-4-2/h5,7,11,13,17,19,21,23,27,29,32,35,39-43H,3-4,6,8-10,12,14-16,18,20,22,24-26,28,30-31,33-34,36-38H2,1-2H3/q+1. The molecule has 8 heteroatoms. The molecule has 1 heterocycles. The summed E-state index contributed by atoms with van der Waals surface area (Å²) in [6, 6.07) is 0. The van der Waals surface area contributed by atoms with Gasteiger partial charge in [-0.3, -0.25) is 0 Å². The molecule has 0 aliphatic carbocycles. The second-order valence-electron chi connectivity index (χ2n) is 12.4. The summed E-state index contributed by atoms with van der Waals surface area (Å²) in [5.74, 6) is 0. The fourth-order valence-electron chi connectivity index (χ4n) is 5.10. The molecule has 48 heavy (non-hydrogen) atoms. The van der Waals surface area contributed by atoms with Crippen molar-refractivity contribution in [3.63, 3.8) is 0 Å². The van der Waals surface area contributed by atoms with Gasteiger partial charge < -0.3 is 14.6 Å². The van der Waals surface area contributed by atoms with E-state index >= 15 is 0 Å². The van der Waals surface area contributed by atoms with E-state index in [4.69, 9.17) is 18.5 Å². The van der Waals surface area contributed by atoms with Crippen LogP contribution in [0, 0.1) is 0 Å². The van der Waals surface area contributed by atoms with Crippen LogP contribution in [-0.4, -0.2) is 48.8 Å². The Bertz CT molecular complexity index is 881. The van der Waals surface area contributed by atoms with Gasteiger partial charge in [-0.05, 0) is 57.4 Å². The number of aliphatic hydroxyl groups excluding tert-OH is 1. The molecule has 0 aromatic heterocycles. The van der Waals surface area contributed by atoms with Crippen molar-refractivity contribution in [3.05, 3.63) is 73.1 Å². The summed E-state index contributed by atoms with van der Waals surface area (Å²) in [6.07, 6.45) is 47.1. The molecule has 0 radical (unpaired) electrons. The zero-order valence-electron chi connectivity index (χ0n) is 30.5. The second-order valence-corrected chi connectivity index (χ2v) is 14.3. The van der Waals surface area contributed by atoms with Gasteiger partial charge in [0.15, 0.2) is 6.29 Å². The summed E-state index contributed by atoms with van der Waals surface area (Å²) < 4.78 is 22.5. The van der Waals surface area contributed by atoms with E-state index in [-0.39, 0.29) is 13.2 Å². The molecule has 0 spiro atoms. The van der Waals surface area contributed by atoms with Crippen LogP contribution in [0.15, 0.2) is 73.1 Å². The van der Waals surface area contributed by atoms with Crippen molar-refractivity contribution in [2.75, 3.05) is 26.4 Å². The van der Waals surface area contributed by atoms with Crippen molar-refractivity contribution in [2.24, 2.45) is 0 Å². The number of rotatable bonds is 33. The summed E-state index contributed by atoms with van der Waals surface area (Å²) in [5, 5.41) is 13.4. The SMILES string of the molecule is CCC=CCC=CCC=CCC=CCC=CCCC(O)OC(COC=CCCCCCCCCCCCCCC)CO[P+]1(O)NCCO1. The third kappa shape index (κ3) is 29.4. The monoisotopic (exact) mass is 693 g/mol. The molecule has 1 aliphatic rings. The van der Waals surface area contributed by atoms with Gasteiger partial charge in [-0.2, -0.15) is 13.9 Å². The smallest absolute Gasteiger partial charge is 0.499 e. The average Bonchev–Trinajstić information content (AvgIpc) is 3.53. The van der Waals surface area contributed by atoms with Crippen LogP contribution in [0.5, 0.6) is 0 Å². The van der Waals surface area contributed by atoms with Gasteiger partial charge >= 0.3 is 8.09 Å². The Morgan fingerprint density at radius 1 is 0.667 bits per heavy atom. The highest BCUT2D eigenvalue weighted by Crippen LogP contribution is 2.55. The van der Waals surface area contributed by atoms with Crippen molar-refractivity contribution in [1.29, 1.82) is 0 Å². The Hall–Kier alpha value is -1.57. The Morgan fingerprint density at radius 2 is 1.21 bits per heavy atom. The van der Waals surface area contributed by atoms with Gasteiger partial charge in [-0.25, -0.2) is 0 Å². The Labute approximate surface area is 295 Å². The van der Waals surface area contributed by atoms with Crippen molar-refractivity contribution < 1.29 is 28.5 Å². The lowest BCUT2D eigenvalue weighted by molar-refractivity contribution is -0.158. The fourth-order valence-corrected chi connectivity index (χ4v) is 6.43. The lowest BCUT2D eigenvalue weighted by atomic mass is 10.0. The zero-order chi connectivity index (χ0) is 34.6. The van der Waals surface area contributed by atoms with Gasteiger partial charge in [0.1, 0.15) is 25.9 Å². The molecule has 1 fully saturated rings. The number of hydrogen-bond acceptors (Lipinski definition) is 7. The molecular formula is C40H71NO6P+. The van der Waals surface area contributed by atoms with Crippen molar-refractivity contribution in [3.8, 4) is 0 Å². The van der Waals surface area contributed by atoms with Crippen LogP contribution in [0.4, 0.5) is 0 Å². The topological polar surface area (TPSA) is 89.4 Å². The zero-order valence-corrected chi connectivity index (χ0v) is 31.4. The molecule has 276 valence electrons. The fraction of sp³-hybridized carbons (Fsp3) is 0.700. The van der Waals surface area contributed by atoms with Crippen LogP contribution in [0.1, 0.15) is 142 Å². The minimum Gasteiger partial charge on any atom is -0.499 e. The summed E-state index contributed by atoms with van der Waals surface area (Å²) in [6.45, 7) is 5.65. The molecule has 1 aliphatic heterocycles. The Balaban J connectivity index is 2.20. The van der Waals surface area contributed by atoms with E-state index in [1.807, 2.05) is 6.08 Å². The number of allylic oxidation sites excluding steroid dienone is 11. The molecule has 3 atom stereocenters. The number of ether oxygens (including phenoxy) is 2. The largest absolute Gasteiger partial charge is 0.499 e. The van der Waals surface area contributed by atoms with Crippen LogP contribution < -0.4 is 5.09 Å². The summed E-state index contributed by atoms with van der Waals surface area (Å²) >= 11 is 0. The quantitative estimate of drug-likeness (QED) is 0.0207. The first-order valence-electron chi connectivity index (χ1n) is 19.1. The molecule has 0 amide bonds. The first-order valence-corrected chi connectivity index (χ1v) is 20.7. The lowest BCUT2D eigenvalue weighted by Gasteiger charge is -2.21.